The summed E-state index contributed by atoms with van der Waals surface area (Å²) in [6, 6.07) is 5.47. The molecule has 1 fully saturated rings. The van der Waals surface area contributed by atoms with Crippen LogP contribution in [-0.4, -0.2) is 31.0 Å². The first-order valence-electron chi connectivity index (χ1n) is 11.5. The van der Waals surface area contributed by atoms with Gasteiger partial charge in [-0.25, -0.2) is 14.4 Å². The van der Waals surface area contributed by atoms with Gasteiger partial charge in [0.05, 0.1) is 17.4 Å². The quantitative estimate of drug-likeness (QED) is 0.318. The van der Waals surface area contributed by atoms with Crippen molar-refractivity contribution in [2.45, 2.75) is 45.6 Å². The Morgan fingerprint density at radius 3 is 2.57 bits per heavy atom. The fourth-order valence-electron chi connectivity index (χ4n) is 3.83. The van der Waals surface area contributed by atoms with Gasteiger partial charge in [-0.2, -0.15) is 18.2 Å². The predicted molar refractivity (Wildman–Crippen MR) is 125 cm³/mol. The number of hydrogen-bond donors (Lipinski definition) is 2. The van der Waals surface area contributed by atoms with Gasteiger partial charge in [-0.05, 0) is 50.3 Å². The summed E-state index contributed by atoms with van der Waals surface area (Å²) in [5.74, 6) is -0.298. The smallest absolute Gasteiger partial charge is 0.434 e. The van der Waals surface area contributed by atoms with Crippen molar-refractivity contribution in [1.29, 1.82) is 0 Å². The number of aromatic nitrogens is 4. The van der Waals surface area contributed by atoms with Crippen LogP contribution in [0.1, 0.15) is 55.6 Å². The number of carbonyl (C=O) groups excluding carboxylic acids is 1. The van der Waals surface area contributed by atoms with Crippen LogP contribution in [0.2, 0.25) is 0 Å². The number of carbonyl (C=O) groups is 1. The largest absolute Gasteiger partial charge is 0.473 e. The lowest BCUT2D eigenvalue weighted by Gasteiger charge is -2.14. The van der Waals surface area contributed by atoms with Crippen LogP contribution in [-0.2, 0) is 24.6 Å². The molecule has 196 valence electrons. The lowest BCUT2D eigenvalue weighted by molar-refractivity contribution is -0.140. The highest BCUT2D eigenvalue weighted by Crippen LogP contribution is 2.38. The van der Waals surface area contributed by atoms with Crippen molar-refractivity contribution >= 4 is 12.0 Å². The zero-order chi connectivity index (χ0) is 26.9. The molecule has 1 aromatic carbocycles. The number of rotatable bonds is 9. The molecule has 2 aromatic heterocycles. The highest BCUT2D eigenvalue weighted by atomic mass is 19.4. The number of ether oxygens (including phenoxy) is 1. The summed E-state index contributed by atoms with van der Waals surface area (Å²) in [4.78, 5) is 23.4. The fourth-order valence-corrected chi connectivity index (χ4v) is 3.83. The second kappa shape index (κ2) is 10.3. The van der Waals surface area contributed by atoms with E-state index in [2.05, 4.69) is 20.3 Å². The van der Waals surface area contributed by atoms with Crippen molar-refractivity contribution in [2.24, 2.45) is 13.0 Å². The van der Waals surface area contributed by atoms with E-state index in [1.54, 1.807) is 6.92 Å². The summed E-state index contributed by atoms with van der Waals surface area (Å²) >= 11 is 0. The molecule has 12 heteroatoms. The number of alkyl halides is 3. The number of hydrogen-bond acceptors (Lipinski definition) is 6. The van der Waals surface area contributed by atoms with Crippen molar-refractivity contribution < 1.29 is 32.2 Å². The minimum absolute atomic E-state index is 0.0847. The van der Waals surface area contributed by atoms with Crippen LogP contribution in [0.3, 0.4) is 0 Å². The van der Waals surface area contributed by atoms with E-state index in [0.717, 1.165) is 29.7 Å². The zero-order valence-corrected chi connectivity index (χ0v) is 20.3. The van der Waals surface area contributed by atoms with Crippen molar-refractivity contribution in [3.63, 3.8) is 0 Å². The average Bonchev–Trinajstić information content (AvgIpc) is 3.61. The van der Waals surface area contributed by atoms with Gasteiger partial charge in [-0.15, -0.1) is 0 Å². The van der Waals surface area contributed by atoms with E-state index in [1.807, 2.05) is 0 Å². The van der Waals surface area contributed by atoms with E-state index in [0.29, 0.717) is 28.9 Å². The van der Waals surface area contributed by atoms with Crippen LogP contribution >= 0.6 is 0 Å². The third-order valence-corrected chi connectivity index (χ3v) is 5.92. The molecule has 1 aliphatic carbocycles. The first-order valence-corrected chi connectivity index (χ1v) is 11.5. The van der Waals surface area contributed by atoms with E-state index >= 15 is 0 Å². The van der Waals surface area contributed by atoms with Crippen molar-refractivity contribution in [3.05, 3.63) is 64.8 Å². The number of imidazole rings is 1. The Morgan fingerprint density at radius 2 is 2.00 bits per heavy atom. The van der Waals surface area contributed by atoms with Crippen LogP contribution in [0.4, 0.5) is 17.6 Å². The number of aliphatic hydroxyl groups is 1. The van der Waals surface area contributed by atoms with Crippen LogP contribution in [0.15, 0.2) is 36.2 Å². The third kappa shape index (κ3) is 5.96. The lowest BCUT2D eigenvalue weighted by atomic mass is 10.1. The molecule has 8 nitrogen and oxygen atoms in total. The number of nitrogens with one attached hydrogen (secondary N) is 1. The molecule has 37 heavy (non-hydrogen) atoms. The minimum Gasteiger partial charge on any atom is -0.473 e. The van der Waals surface area contributed by atoms with Gasteiger partial charge in [-0.3, -0.25) is 4.79 Å². The van der Waals surface area contributed by atoms with Crippen LogP contribution in [0.25, 0.3) is 17.0 Å². The van der Waals surface area contributed by atoms with Crippen molar-refractivity contribution in [1.82, 2.24) is 24.8 Å². The van der Waals surface area contributed by atoms with Gasteiger partial charge in [0.1, 0.15) is 18.2 Å². The Labute approximate surface area is 210 Å². The summed E-state index contributed by atoms with van der Waals surface area (Å²) < 4.78 is 60.6. The van der Waals surface area contributed by atoms with Crippen molar-refractivity contribution in [3.8, 4) is 17.3 Å². The van der Waals surface area contributed by atoms with Gasteiger partial charge in [0, 0.05) is 30.6 Å². The van der Waals surface area contributed by atoms with Gasteiger partial charge < -0.3 is 19.7 Å². The molecule has 0 saturated heterocycles. The van der Waals surface area contributed by atoms with Gasteiger partial charge in [0.2, 0.25) is 12.3 Å². The fraction of sp³-hybridized carbons (Fsp3) is 0.360. The highest BCUT2D eigenvalue weighted by molar-refractivity contribution is 5.67. The number of aliphatic hydroxyl groups excluding tert-OH is 1. The normalized spacial score (nSPS) is 15.2. The molecule has 2 heterocycles. The molecule has 1 atom stereocenters. The predicted octanol–water partition coefficient (Wildman–Crippen LogP) is 4.55. The highest BCUT2D eigenvalue weighted by Gasteiger charge is 2.35. The van der Waals surface area contributed by atoms with E-state index in [9.17, 15) is 27.5 Å². The Bertz CT molecular complexity index is 1350. The molecular formula is C25H25F4N5O3. The summed E-state index contributed by atoms with van der Waals surface area (Å²) in [6.45, 7) is 3.20. The maximum Gasteiger partial charge on any atom is 0.434 e. The summed E-state index contributed by atoms with van der Waals surface area (Å²) in [6.07, 6.45) is -2.29. The van der Waals surface area contributed by atoms with Crippen LogP contribution < -0.4 is 10.1 Å². The summed E-state index contributed by atoms with van der Waals surface area (Å²) in [7, 11) is 1.36. The van der Waals surface area contributed by atoms with E-state index < -0.39 is 23.8 Å². The average molecular weight is 519 g/mol. The first kappa shape index (κ1) is 26.3. The first-order chi connectivity index (χ1) is 17.5. The standard InChI is InChI=1S/C25H25F4N5O3/c1-13(22(30-12-35)16-5-6-16)23-31-19(14(2)36)9-21(33-23)37-11-15-4-7-17(18(26)8-15)24-32-20(10-34(24)3)25(27,28)29/h4,7-10,12,14,16,36H,5-6,11H2,1-3H3,(H,30,35)/b22-13+. The Morgan fingerprint density at radius 1 is 1.27 bits per heavy atom. The minimum atomic E-state index is -4.64. The number of aryl methyl sites for hydroxylation is 1. The number of nitrogens with zero attached hydrogens (tertiary/aromatic N) is 4. The molecule has 0 spiro atoms. The molecule has 1 saturated carbocycles. The van der Waals surface area contributed by atoms with Gasteiger partial charge in [0.15, 0.2) is 11.5 Å². The molecule has 0 aliphatic heterocycles. The van der Waals surface area contributed by atoms with Gasteiger partial charge in [0.25, 0.3) is 0 Å². The van der Waals surface area contributed by atoms with Crippen LogP contribution in [0, 0.1) is 11.7 Å². The molecule has 2 N–H and O–H groups in total. The Balaban J connectivity index is 1.57. The number of amides is 1. The second-order valence-corrected chi connectivity index (χ2v) is 8.87. The maximum absolute atomic E-state index is 14.8. The molecule has 4 rings (SSSR count). The number of allylic oxidation sites excluding steroid dienone is 2. The topological polar surface area (TPSA) is 102 Å². The Hall–Kier alpha value is -3.80. The number of benzene rings is 1. The van der Waals surface area contributed by atoms with Crippen molar-refractivity contribution in [2.75, 3.05) is 0 Å². The zero-order valence-electron chi connectivity index (χ0n) is 20.3. The molecule has 1 amide bonds. The van der Waals surface area contributed by atoms with Crippen LogP contribution in [0.5, 0.6) is 5.88 Å². The monoisotopic (exact) mass is 519 g/mol. The Kier molecular flexibility index (Phi) is 7.30. The molecule has 0 bridgehead atoms. The summed E-state index contributed by atoms with van der Waals surface area (Å²) in [5.41, 5.74) is 0.868. The molecular weight excluding hydrogens is 494 g/mol. The SMILES string of the molecule is C/C(=C(\NC=O)C1CC1)c1nc(OCc2ccc(-c3nc(C(F)(F)F)cn3C)c(F)c2)cc(C(C)O)n1. The van der Waals surface area contributed by atoms with Gasteiger partial charge >= 0.3 is 6.18 Å². The third-order valence-electron chi connectivity index (χ3n) is 5.92. The molecule has 1 aliphatic rings. The molecule has 3 aromatic rings. The van der Waals surface area contributed by atoms with E-state index in [1.165, 1.54) is 32.2 Å². The second-order valence-electron chi connectivity index (χ2n) is 8.87. The molecule has 0 radical (unpaired) electrons. The number of halogens is 4. The van der Waals surface area contributed by atoms with E-state index in [4.69, 9.17) is 4.74 Å². The summed E-state index contributed by atoms with van der Waals surface area (Å²) in [5, 5.41) is 12.8. The maximum atomic E-state index is 14.8. The lowest BCUT2D eigenvalue weighted by Crippen LogP contribution is -2.15. The van der Waals surface area contributed by atoms with E-state index in [-0.39, 0.29) is 35.6 Å². The molecule has 1 unspecified atom stereocenters. The van der Waals surface area contributed by atoms with Gasteiger partial charge in [-0.1, -0.05) is 6.07 Å².